The Labute approximate surface area is 102 Å². The van der Waals surface area contributed by atoms with Gasteiger partial charge in [-0.15, -0.1) is 0 Å². The topological polar surface area (TPSA) is 31.5 Å². The Bertz CT molecular complexity index is 8.00. The Hall–Kier alpha value is 3.21. The van der Waals surface area contributed by atoms with E-state index in [9.17, 15) is 0 Å². The third-order valence-corrected chi connectivity index (χ3v) is 0. The summed E-state index contributed by atoms with van der Waals surface area (Å²) in [6.07, 6.45) is 0. The SMILES string of the molecule is O.[Ce].[Cu].[Nd]. The van der Waals surface area contributed by atoms with Crippen LogP contribution in [0.15, 0.2) is 0 Å². The summed E-state index contributed by atoms with van der Waals surface area (Å²) >= 11 is 0. The van der Waals surface area contributed by atoms with Crippen LogP contribution in [0, 0.1) is 82.6 Å². The van der Waals surface area contributed by atoms with Crippen molar-refractivity contribution < 1.29 is 105 Å². The van der Waals surface area contributed by atoms with E-state index in [1.165, 1.54) is 0 Å². The molecule has 27 valence electrons. The maximum absolute atomic E-state index is 0. The third kappa shape index (κ3) is 8.96. The molecule has 0 aromatic rings. The van der Waals surface area contributed by atoms with Crippen LogP contribution in [-0.4, -0.2) is 5.48 Å². The van der Waals surface area contributed by atoms with Gasteiger partial charge in [-0.25, -0.2) is 0 Å². The van der Waals surface area contributed by atoms with Gasteiger partial charge in [-0.05, 0) is 0 Å². The molecule has 0 bridgehead atoms. The average Bonchev–Trinajstić information content (AvgIpc) is 0. The van der Waals surface area contributed by atoms with E-state index in [4.69, 9.17) is 0 Å². The fourth-order valence-corrected chi connectivity index (χ4v) is 0. The second-order valence-corrected chi connectivity index (χ2v) is 0. The summed E-state index contributed by atoms with van der Waals surface area (Å²) in [5.41, 5.74) is 0. The van der Waals surface area contributed by atoms with Crippen molar-refractivity contribution in [1.82, 2.24) is 0 Å². The zero-order valence-electron chi connectivity index (χ0n) is 1.80. The standard InChI is InChI=1S/Ce.Cu.Nd.H2O/h;;;1H2. The van der Waals surface area contributed by atoms with Crippen molar-refractivity contribution >= 4 is 0 Å². The summed E-state index contributed by atoms with van der Waals surface area (Å²) in [7, 11) is 0. The van der Waals surface area contributed by atoms with E-state index >= 15 is 0 Å². The molecule has 0 saturated heterocycles. The van der Waals surface area contributed by atoms with E-state index in [1.54, 1.807) is 0 Å². The minimum atomic E-state index is 0. The molecule has 4 heavy (non-hydrogen) atoms. The van der Waals surface area contributed by atoms with Crippen LogP contribution in [0.25, 0.3) is 0 Å². The van der Waals surface area contributed by atoms with Gasteiger partial charge >= 0.3 is 0 Å². The fourth-order valence-electron chi connectivity index (χ4n) is 0. The predicted molar refractivity (Wildman–Crippen MR) is 3.61 cm³/mol. The number of rotatable bonds is 0. The minimum absolute atomic E-state index is 0. The molecule has 0 aliphatic carbocycles. The first-order valence-electron chi connectivity index (χ1n) is 0. The monoisotopic (exact) mass is 363 g/mol. The first-order chi connectivity index (χ1) is 0. The van der Waals surface area contributed by atoms with Gasteiger partial charge in [0.15, 0.2) is 0 Å². The first kappa shape index (κ1) is 27.0. The molecule has 0 aromatic heterocycles. The van der Waals surface area contributed by atoms with Gasteiger partial charge in [-0.1, -0.05) is 0 Å². The molecule has 4 heteroatoms. The maximum atomic E-state index is 0. The largest absolute Gasteiger partial charge is 0.412 e. The van der Waals surface area contributed by atoms with E-state index in [2.05, 4.69) is 0 Å². The first-order valence-corrected chi connectivity index (χ1v) is 0. The van der Waals surface area contributed by atoms with Crippen molar-refractivity contribution in [1.29, 1.82) is 0 Å². The second-order valence-electron chi connectivity index (χ2n) is 0. The molecule has 0 spiro atoms. The predicted octanol–water partition coefficient (Wildman–Crippen LogP) is -0.827. The third-order valence-electron chi connectivity index (χ3n) is 0. The van der Waals surface area contributed by atoms with Crippen LogP contribution in [0.5, 0.6) is 0 Å². The summed E-state index contributed by atoms with van der Waals surface area (Å²) in [6, 6.07) is 0. The molecule has 0 aliphatic rings. The molecule has 0 aliphatic heterocycles. The minimum Gasteiger partial charge on any atom is -0.412 e. The molecule has 0 amide bonds. The summed E-state index contributed by atoms with van der Waals surface area (Å²) in [5.74, 6) is 0. The van der Waals surface area contributed by atoms with Crippen molar-refractivity contribution in [2.45, 2.75) is 0 Å². The molecular formula is H2CeCuNdO. The zero-order valence-corrected chi connectivity index (χ0v) is 9.09. The van der Waals surface area contributed by atoms with Crippen LogP contribution in [0.3, 0.4) is 0 Å². The normalized spacial score (nSPS) is 0. The van der Waals surface area contributed by atoms with Gasteiger partial charge in [0.25, 0.3) is 0 Å². The molecule has 0 unspecified atom stereocenters. The van der Waals surface area contributed by atoms with Crippen molar-refractivity contribution in [3.05, 3.63) is 0 Å². The number of hydrogen-bond acceptors (Lipinski definition) is 0. The van der Waals surface area contributed by atoms with Crippen molar-refractivity contribution in [2.24, 2.45) is 0 Å². The van der Waals surface area contributed by atoms with Gasteiger partial charge in [-0.2, -0.15) is 0 Å². The van der Waals surface area contributed by atoms with Crippen LogP contribution in [0.4, 0.5) is 0 Å². The van der Waals surface area contributed by atoms with Crippen LogP contribution in [0.2, 0.25) is 0 Å². The van der Waals surface area contributed by atoms with E-state index in [0.717, 1.165) is 0 Å². The molecule has 0 fully saturated rings. The summed E-state index contributed by atoms with van der Waals surface area (Å²) < 4.78 is 0. The molecule has 0 rings (SSSR count). The molecule has 0 saturated carbocycles. The average molecular weight is 366 g/mol. The Morgan fingerprint density at radius 2 is 1.00 bits per heavy atom. The second kappa shape index (κ2) is 16.4. The van der Waals surface area contributed by atoms with Gasteiger partial charge in [0.05, 0.1) is 0 Å². The summed E-state index contributed by atoms with van der Waals surface area (Å²) in [4.78, 5) is 0. The molecule has 0 aromatic carbocycles. The van der Waals surface area contributed by atoms with Crippen LogP contribution >= 0.6 is 0 Å². The van der Waals surface area contributed by atoms with E-state index in [-0.39, 0.29) is 105 Å². The van der Waals surface area contributed by atoms with Crippen molar-refractivity contribution in [3.63, 3.8) is 0 Å². The summed E-state index contributed by atoms with van der Waals surface area (Å²) in [5, 5.41) is 0. The molecule has 1 radical (unpaired) electrons. The van der Waals surface area contributed by atoms with Crippen LogP contribution in [-0.2, 0) is 17.1 Å². The van der Waals surface area contributed by atoms with Gasteiger partial charge in [-0.3, -0.25) is 0 Å². The Kier molecular flexibility index (Phi) is 110. The smallest absolute Gasteiger partial charge is 0 e. The summed E-state index contributed by atoms with van der Waals surface area (Å²) in [6.45, 7) is 0. The fraction of sp³-hybridized carbons (Fsp3) is 0. The molecular weight excluding hydrogens is 364 g/mol. The van der Waals surface area contributed by atoms with Crippen LogP contribution < -0.4 is 0 Å². The van der Waals surface area contributed by atoms with Crippen LogP contribution in [0.1, 0.15) is 0 Å². The van der Waals surface area contributed by atoms with Gasteiger partial charge < -0.3 is 5.48 Å². The quantitative estimate of drug-likeness (QED) is 0.502. The molecule has 0 atom stereocenters. The van der Waals surface area contributed by atoms with E-state index in [0.29, 0.717) is 0 Å². The molecule has 1 nitrogen and oxygen atoms in total. The van der Waals surface area contributed by atoms with Gasteiger partial charge in [0, 0.05) is 99.7 Å². The van der Waals surface area contributed by atoms with Gasteiger partial charge in [0.1, 0.15) is 0 Å². The van der Waals surface area contributed by atoms with E-state index < -0.39 is 0 Å². The van der Waals surface area contributed by atoms with Crippen molar-refractivity contribution in [2.75, 3.05) is 0 Å². The van der Waals surface area contributed by atoms with E-state index in [1.807, 2.05) is 0 Å². The number of hydrogen-bond donors (Lipinski definition) is 0. The maximum Gasteiger partial charge on any atom is 0 e. The van der Waals surface area contributed by atoms with Crippen molar-refractivity contribution in [3.8, 4) is 0 Å². The Balaban J connectivity index is 0. The Morgan fingerprint density at radius 3 is 1.00 bits per heavy atom. The molecule has 2 N–H and O–H groups in total. The Morgan fingerprint density at radius 1 is 1.00 bits per heavy atom. The molecule has 0 heterocycles. The zero-order chi connectivity index (χ0) is 0. The van der Waals surface area contributed by atoms with Gasteiger partial charge in [0.2, 0.25) is 0 Å².